The number of nitrogens with zero attached hydrogens (tertiary/aromatic N) is 1. The highest BCUT2D eigenvalue weighted by molar-refractivity contribution is 7.89. The van der Waals surface area contributed by atoms with Gasteiger partial charge in [0.15, 0.2) is 17.6 Å². The third-order valence-electron chi connectivity index (χ3n) is 4.13. The maximum atomic E-state index is 12.7. The Labute approximate surface area is 162 Å². The third kappa shape index (κ3) is 4.18. The molecule has 1 amide bonds. The van der Waals surface area contributed by atoms with Gasteiger partial charge in [-0.15, -0.1) is 0 Å². The summed E-state index contributed by atoms with van der Waals surface area (Å²) in [7, 11) is -0.868. The Morgan fingerprint density at radius 3 is 2.67 bits per heavy atom. The van der Waals surface area contributed by atoms with Gasteiger partial charge < -0.3 is 14.4 Å². The lowest BCUT2D eigenvalue weighted by Gasteiger charge is -2.29. The van der Waals surface area contributed by atoms with Crippen molar-refractivity contribution in [2.45, 2.75) is 11.0 Å². The number of amides is 1. The highest BCUT2D eigenvalue weighted by Crippen LogP contribution is 2.31. The molecule has 7 nitrogen and oxygen atoms in total. The van der Waals surface area contributed by atoms with Gasteiger partial charge in [-0.2, -0.15) is 0 Å². The molecule has 1 N–H and O–H groups in total. The minimum absolute atomic E-state index is 0.0455. The number of halogens is 1. The molecule has 3 rings (SSSR count). The molecule has 144 valence electrons. The molecule has 1 atom stereocenters. The van der Waals surface area contributed by atoms with Crippen molar-refractivity contribution in [2.75, 3.05) is 27.2 Å². The number of likely N-dealkylation sites (N-methyl/N-ethyl adjacent to an activating group) is 1. The van der Waals surface area contributed by atoms with E-state index in [2.05, 4.69) is 4.72 Å². The predicted octanol–water partition coefficient (Wildman–Crippen LogP) is 2.16. The van der Waals surface area contributed by atoms with Crippen LogP contribution in [0.15, 0.2) is 47.4 Å². The lowest BCUT2D eigenvalue weighted by atomic mass is 10.2. The summed E-state index contributed by atoms with van der Waals surface area (Å²) in [5.41, 5.74) is 0.216. The minimum atomic E-state index is -3.77. The van der Waals surface area contributed by atoms with Gasteiger partial charge in [-0.3, -0.25) is 4.79 Å². The second kappa shape index (κ2) is 7.75. The monoisotopic (exact) mass is 410 g/mol. The van der Waals surface area contributed by atoms with E-state index >= 15 is 0 Å². The van der Waals surface area contributed by atoms with Crippen LogP contribution in [-0.4, -0.2) is 52.6 Å². The van der Waals surface area contributed by atoms with Crippen molar-refractivity contribution in [3.8, 4) is 11.5 Å². The average Bonchev–Trinajstić information content (AvgIpc) is 2.67. The van der Waals surface area contributed by atoms with E-state index in [-0.39, 0.29) is 34.0 Å². The molecule has 0 fully saturated rings. The molecule has 0 saturated heterocycles. The number of para-hydroxylation sites is 2. The molecule has 0 saturated carbocycles. The molecule has 9 heteroatoms. The van der Waals surface area contributed by atoms with Crippen LogP contribution in [0, 0.1) is 0 Å². The van der Waals surface area contributed by atoms with Crippen LogP contribution in [0.4, 0.5) is 0 Å². The normalized spacial score (nSPS) is 16.0. The zero-order valence-electron chi connectivity index (χ0n) is 14.8. The van der Waals surface area contributed by atoms with E-state index in [4.69, 9.17) is 21.1 Å². The number of hydrogen-bond donors (Lipinski definition) is 1. The summed E-state index contributed by atoms with van der Waals surface area (Å²) in [4.78, 5) is 14.0. The molecule has 0 spiro atoms. The molecular formula is C18H19ClN2O5S. The van der Waals surface area contributed by atoms with Crippen molar-refractivity contribution in [1.82, 2.24) is 9.62 Å². The van der Waals surface area contributed by atoms with Crippen molar-refractivity contribution >= 4 is 27.5 Å². The fraction of sp³-hybridized carbons (Fsp3) is 0.278. The van der Waals surface area contributed by atoms with Gasteiger partial charge in [-0.25, -0.2) is 13.1 Å². The summed E-state index contributed by atoms with van der Waals surface area (Å²) < 4.78 is 37.8. The Bertz CT molecular complexity index is 964. The van der Waals surface area contributed by atoms with Gasteiger partial charge in [0.25, 0.3) is 5.91 Å². The molecule has 1 heterocycles. The number of benzene rings is 2. The lowest BCUT2D eigenvalue weighted by molar-refractivity contribution is 0.0521. The number of hydrogen-bond acceptors (Lipinski definition) is 5. The topological polar surface area (TPSA) is 84.9 Å². The van der Waals surface area contributed by atoms with Crippen LogP contribution >= 0.6 is 11.6 Å². The number of rotatable bonds is 5. The molecule has 0 aliphatic carbocycles. The molecule has 0 aromatic heterocycles. The van der Waals surface area contributed by atoms with Gasteiger partial charge in [-0.05, 0) is 37.4 Å². The van der Waals surface area contributed by atoms with Gasteiger partial charge in [0.05, 0.1) is 11.6 Å². The van der Waals surface area contributed by atoms with Crippen molar-refractivity contribution in [2.24, 2.45) is 0 Å². The second-order valence-electron chi connectivity index (χ2n) is 6.04. The summed E-state index contributed by atoms with van der Waals surface area (Å²) in [6.07, 6.45) is -0.332. The van der Waals surface area contributed by atoms with Crippen LogP contribution in [0.5, 0.6) is 11.5 Å². The first-order valence-corrected chi connectivity index (χ1v) is 10.0. The van der Waals surface area contributed by atoms with Crippen LogP contribution in [0.25, 0.3) is 0 Å². The van der Waals surface area contributed by atoms with E-state index < -0.39 is 10.0 Å². The number of fused-ring (bicyclic) bond motifs is 1. The van der Waals surface area contributed by atoms with E-state index in [1.54, 1.807) is 13.1 Å². The zero-order chi connectivity index (χ0) is 19.6. The van der Waals surface area contributed by atoms with Crippen molar-refractivity contribution in [3.05, 3.63) is 53.1 Å². The van der Waals surface area contributed by atoms with Crippen molar-refractivity contribution in [1.29, 1.82) is 0 Å². The first kappa shape index (κ1) is 19.5. The summed E-state index contributed by atoms with van der Waals surface area (Å²) in [6.45, 7) is 0.596. The zero-order valence-corrected chi connectivity index (χ0v) is 16.4. The molecule has 2 aromatic rings. The number of ether oxygens (including phenoxy) is 2. The molecule has 1 aliphatic heterocycles. The first-order valence-electron chi connectivity index (χ1n) is 8.19. The van der Waals surface area contributed by atoms with Gasteiger partial charge in [0.1, 0.15) is 11.5 Å². The summed E-state index contributed by atoms with van der Waals surface area (Å²) >= 11 is 5.97. The van der Waals surface area contributed by atoms with Gasteiger partial charge in [0.2, 0.25) is 10.0 Å². The van der Waals surface area contributed by atoms with Crippen LogP contribution in [-0.2, 0) is 10.0 Å². The maximum absolute atomic E-state index is 12.7. The molecule has 0 bridgehead atoms. The number of carbonyl (C=O) groups excluding carboxylic acids is 1. The number of sulfonamides is 1. The molecular weight excluding hydrogens is 392 g/mol. The molecule has 2 aromatic carbocycles. The summed E-state index contributed by atoms with van der Waals surface area (Å²) in [6, 6.07) is 11.5. The Hall–Kier alpha value is -2.29. The quantitative estimate of drug-likeness (QED) is 0.816. The minimum Gasteiger partial charge on any atom is -0.486 e. The molecule has 27 heavy (non-hydrogen) atoms. The number of carbonyl (C=O) groups is 1. The van der Waals surface area contributed by atoms with E-state index in [1.807, 2.05) is 18.2 Å². The fourth-order valence-electron chi connectivity index (χ4n) is 2.71. The standard InChI is InChI=1S/C18H19ClN2O5S/c1-20-27(23,24)17-9-12(7-8-14(17)19)18(22)21(2)10-13-11-25-15-5-3-4-6-16(15)26-13/h3-9,13,20H,10-11H2,1-2H3. The Kier molecular flexibility index (Phi) is 5.59. The van der Waals surface area contributed by atoms with Crippen molar-refractivity contribution < 1.29 is 22.7 Å². The van der Waals surface area contributed by atoms with E-state index in [0.717, 1.165) is 0 Å². The third-order valence-corrected chi connectivity index (χ3v) is 6.02. The molecule has 1 aliphatic rings. The van der Waals surface area contributed by atoms with E-state index in [9.17, 15) is 13.2 Å². The Morgan fingerprint density at radius 1 is 1.26 bits per heavy atom. The van der Waals surface area contributed by atoms with Crippen LogP contribution in [0.1, 0.15) is 10.4 Å². The first-order chi connectivity index (χ1) is 12.8. The second-order valence-corrected chi connectivity index (χ2v) is 8.30. The van der Waals surface area contributed by atoms with Gasteiger partial charge >= 0.3 is 0 Å². The fourth-order valence-corrected chi connectivity index (χ4v) is 3.96. The molecule has 1 unspecified atom stereocenters. The van der Waals surface area contributed by atoms with Crippen LogP contribution in [0.2, 0.25) is 5.02 Å². The molecule has 0 radical (unpaired) electrons. The average molecular weight is 411 g/mol. The SMILES string of the molecule is CNS(=O)(=O)c1cc(C(=O)N(C)CC2COc3ccccc3O2)ccc1Cl. The van der Waals surface area contributed by atoms with E-state index in [1.165, 1.54) is 30.1 Å². The van der Waals surface area contributed by atoms with Crippen molar-refractivity contribution in [3.63, 3.8) is 0 Å². The highest BCUT2D eigenvalue weighted by atomic mass is 35.5. The summed E-state index contributed by atoms with van der Waals surface area (Å²) in [5.74, 6) is 0.951. The highest BCUT2D eigenvalue weighted by Gasteiger charge is 2.25. The van der Waals surface area contributed by atoms with Crippen LogP contribution in [0.3, 0.4) is 0 Å². The maximum Gasteiger partial charge on any atom is 0.253 e. The largest absolute Gasteiger partial charge is 0.486 e. The van der Waals surface area contributed by atoms with Gasteiger partial charge in [-0.1, -0.05) is 23.7 Å². The summed E-state index contributed by atoms with van der Waals surface area (Å²) in [5, 5.41) is 0.0455. The lowest BCUT2D eigenvalue weighted by Crippen LogP contribution is -2.41. The predicted molar refractivity (Wildman–Crippen MR) is 101 cm³/mol. The Morgan fingerprint density at radius 2 is 1.96 bits per heavy atom. The number of nitrogens with one attached hydrogen (secondary N) is 1. The smallest absolute Gasteiger partial charge is 0.253 e. The van der Waals surface area contributed by atoms with Crippen LogP contribution < -0.4 is 14.2 Å². The Balaban J connectivity index is 1.74. The van der Waals surface area contributed by atoms with E-state index in [0.29, 0.717) is 18.1 Å². The van der Waals surface area contributed by atoms with Gasteiger partial charge in [0, 0.05) is 12.6 Å².